The number of fused-ring (bicyclic) bond motifs is 3. The average molecular weight is 479 g/mol. The van der Waals surface area contributed by atoms with Crippen molar-refractivity contribution in [3.05, 3.63) is 78.4 Å². The molecule has 1 saturated heterocycles. The number of rotatable bonds is 5. The summed E-state index contributed by atoms with van der Waals surface area (Å²) < 4.78 is 0. The Labute approximate surface area is 205 Å². The first kappa shape index (κ1) is 21.6. The Hall–Kier alpha value is -4.92. The van der Waals surface area contributed by atoms with Crippen molar-refractivity contribution in [2.75, 3.05) is 16.8 Å². The van der Waals surface area contributed by atoms with Crippen LogP contribution in [0, 0.1) is 0 Å². The van der Waals surface area contributed by atoms with Gasteiger partial charge < -0.3 is 25.9 Å². The molecule has 0 saturated carbocycles. The Balaban J connectivity index is 1.60. The fourth-order valence-electron chi connectivity index (χ4n) is 4.94. The molecule has 2 aromatic heterocycles. The summed E-state index contributed by atoms with van der Waals surface area (Å²) in [4.78, 5) is 50.1. The van der Waals surface area contributed by atoms with Crippen molar-refractivity contribution in [2.45, 2.75) is 12.8 Å². The Morgan fingerprint density at radius 3 is 2.58 bits per heavy atom. The van der Waals surface area contributed by atoms with Crippen LogP contribution in [0.2, 0.25) is 0 Å². The molecule has 5 aromatic rings. The van der Waals surface area contributed by atoms with E-state index in [9.17, 15) is 14.4 Å². The van der Waals surface area contributed by atoms with Crippen molar-refractivity contribution in [1.29, 1.82) is 0 Å². The van der Waals surface area contributed by atoms with Crippen molar-refractivity contribution >= 4 is 50.9 Å². The summed E-state index contributed by atoms with van der Waals surface area (Å²) in [5.74, 6) is -0.831. The van der Waals surface area contributed by atoms with Crippen LogP contribution in [0.5, 0.6) is 0 Å². The topological polar surface area (TPSA) is 137 Å². The number of nitrogens with one attached hydrogen (secondary N) is 3. The second kappa shape index (κ2) is 8.38. The maximum absolute atomic E-state index is 12.9. The number of carbonyl (C=O) groups excluding carboxylic acids is 3. The molecule has 0 unspecified atom stereocenters. The molecule has 36 heavy (non-hydrogen) atoms. The van der Waals surface area contributed by atoms with E-state index < -0.39 is 11.8 Å². The van der Waals surface area contributed by atoms with E-state index in [1.165, 1.54) is 6.20 Å². The summed E-state index contributed by atoms with van der Waals surface area (Å²) in [6.07, 6.45) is 4.42. The fraction of sp³-hybridized carbons (Fsp3) is 0.111. The van der Waals surface area contributed by atoms with Crippen LogP contribution in [0.4, 0.5) is 11.4 Å². The van der Waals surface area contributed by atoms with Gasteiger partial charge in [0.05, 0.1) is 16.8 Å². The lowest BCUT2D eigenvalue weighted by molar-refractivity contribution is -0.117. The molecule has 9 heteroatoms. The van der Waals surface area contributed by atoms with Crippen LogP contribution >= 0.6 is 0 Å². The molecule has 0 bridgehead atoms. The number of nitrogens with two attached hydrogens (primary N) is 1. The third kappa shape index (κ3) is 3.49. The number of hydrogen-bond acceptors (Lipinski definition) is 4. The minimum absolute atomic E-state index is 0.0950. The molecular formula is C27H22N6O3. The molecule has 3 amide bonds. The number of carbonyl (C=O) groups is 3. The molecule has 0 spiro atoms. The zero-order valence-electron chi connectivity index (χ0n) is 19.2. The summed E-state index contributed by atoms with van der Waals surface area (Å²) in [5, 5.41) is 4.48. The molecule has 1 aliphatic rings. The zero-order valence-corrected chi connectivity index (χ0v) is 19.2. The molecule has 0 radical (unpaired) electrons. The Morgan fingerprint density at radius 1 is 1.06 bits per heavy atom. The van der Waals surface area contributed by atoms with E-state index in [0.717, 1.165) is 34.0 Å². The average Bonchev–Trinajstić information content (AvgIpc) is 3.63. The number of imidazole rings is 1. The van der Waals surface area contributed by atoms with Crippen LogP contribution in [0.3, 0.4) is 0 Å². The summed E-state index contributed by atoms with van der Waals surface area (Å²) in [6, 6.07) is 16.9. The number of aromatic nitrogens is 3. The first-order valence-electron chi connectivity index (χ1n) is 11.6. The van der Waals surface area contributed by atoms with E-state index in [1.807, 2.05) is 54.6 Å². The minimum Gasteiger partial charge on any atom is -0.366 e. The van der Waals surface area contributed by atoms with E-state index in [2.05, 4.69) is 20.3 Å². The summed E-state index contributed by atoms with van der Waals surface area (Å²) in [6.45, 7) is 0.679. The molecular weight excluding hydrogens is 456 g/mol. The molecule has 1 fully saturated rings. The van der Waals surface area contributed by atoms with E-state index in [1.54, 1.807) is 11.1 Å². The highest BCUT2D eigenvalue weighted by molar-refractivity contribution is 6.22. The largest absolute Gasteiger partial charge is 0.366 e. The first-order valence-corrected chi connectivity index (χ1v) is 11.6. The van der Waals surface area contributed by atoms with Crippen LogP contribution in [0.1, 0.15) is 33.8 Å². The number of H-pyrrole nitrogens is 2. The molecule has 1 aliphatic heterocycles. The molecule has 0 aliphatic carbocycles. The maximum atomic E-state index is 12.9. The van der Waals surface area contributed by atoms with Crippen LogP contribution in [0.15, 0.2) is 67.0 Å². The van der Waals surface area contributed by atoms with Gasteiger partial charge in [0.25, 0.3) is 11.8 Å². The second-order valence-electron chi connectivity index (χ2n) is 8.72. The molecule has 3 heterocycles. The van der Waals surface area contributed by atoms with Gasteiger partial charge in [0.15, 0.2) is 5.82 Å². The van der Waals surface area contributed by atoms with Gasteiger partial charge in [-0.25, -0.2) is 4.98 Å². The van der Waals surface area contributed by atoms with Crippen molar-refractivity contribution in [2.24, 2.45) is 5.73 Å². The SMILES string of the molecule is NC(=O)c1c(-c2ccccc2)c(NC(=O)c2ncc[nH]2)cc2c1[nH]c1cc(N3CCCC3=O)ccc12. The van der Waals surface area contributed by atoms with Gasteiger partial charge in [-0.1, -0.05) is 36.4 Å². The summed E-state index contributed by atoms with van der Waals surface area (Å²) >= 11 is 0. The van der Waals surface area contributed by atoms with Gasteiger partial charge in [-0.15, -0.1) is 0 Å². The normalized spacial score (nSPS) is 13.6. The molecule has 0 atom stereocenters. The van der Waals surface area contributed by atoms with Gasteiger partial charge in [0, 0.05) is 52.9 Å². The van der Waals surface area contributed by atoms with Gasteiger partial charge in [0.2, 0.25) is 5.91 Å². The fourth-order valence-corrected chi connectivity index (χ4v) is 4.94. The lowest BCUT2D eigenvalue weighted by Crippen LogP contribution is -2.23. The first-order chi connectivity index (χ1) is 17.5. The third-order valence-electron chi connectivity index (χ3n) is 6.54. The number of aromatic amines is 2. The predicted octanol–water partition coefficient (Wildman–Crippen LogP) is 4.19. The maximum Gasteiger partial charge on any atom is 0.291 e. The van der Waals surface area contributed by atoms with Gasteiger partial charge >= 0.3 is 0 Å². The molecule has 6 rings (SSSR count). The number of hydrogen-bond donors (Lipinski definition) is 4. The highest BCUT2D eigenvalue weighted by Crippen LogP contribution is 2.40. The van der Waals surface area contributed by atoms with Crippen molar-refractivity contribution < 1.29 is 14.4 Å². The highest BCUT2D eigenvalue weighted by atomic mass is 16.2. The van der Waals surface area contributed by atoms with Gasteiger partial charge in [-0.2, -0.15) is 0 Å². The van der Waals surface area contributed by atoms with Crippen LogP contribution in [0.25, 0.3) is 32.9 Å². The van der Waals surface area contributed by atoms with Crippen molar-refractivity contribution in [3.63, 3.8) is 0 Å². The van der Waals surface area contributed by atoms with Crippen molar-refractivity contribution in [3.8, 4) is 11.1 Å². The monoisotopic (exact) mass is 478 g/mol. The smallest absolute Gasteiger partial charge is 0.291 e. The van der Waals surface area contributed by atoms with Gasteiger partial charge in [0.1, 0.15) is 0 Å². The summed E-state index contributed by atoms with van der Waals surface area (Å²) in [7, 11) is 0. The number of benzene rings is 3. The Bertz CT molecular complexity index is 1650. The second-order valence-corrected chi connectivity index (χ2v) is 8.72. The van der Waals surface area contributed by atoms with E-state index >= 15 is 0 Å². The minimum atomic E-state index is -0.630. The quantitative estimate of drug-likeness (QED) is 0.301. The van der Waals surface area contributed by atoms with Crippen LogP contribution < -0.4 is 16.0 Å². The third-order valence-corrected chi connectivity index (χ3v) is 6.54. The number of anilines is 2. The predicted molar refractivity (Wildman–Crippen MR) is 138 cm³/mol. The molecule has 9 nitrogen and oxygen atoms in total. The van der Waals surface area contributed by atoms with Crippen LogP contribution in [-0.4, -0.2) is 39.2 Å². The number of nitrogens with zero attached hydrogens (tertiary/aromatic N) is 2. The molecule has 5 N–H and O–H groups in total. The Kier molecular flexibility index (Phi) is 5.03. The zero-order chi connectivity index (χ0) is 24.8. The van der Waals surface area contributed by atoms with Gasteiger partial charge in [-0.3, -0.25) is 14.4 Å². The van der Waals surface area contributed by atoms with E-state index in [-0.39, 0.29) is 17.3 Å². The summed E-state index contributed by atoms with van der Waals surface area (Å²) in [5.41, 5.74) is 10.0. The highest BCUT2D eigenvalue weighted by Gasteiger charge is 2.25. The van der Waals surface area contributed by atoms with E-state index in [0.29, 0.717) is 29.7 Å². The Morgan fingerprint density at radius 2 is 1.89 bits per heavy atom. The lowest BCUT2D eigenvalue weighted by Gasteiger charge is -2.16. The molecule has 3 aromatic carbocycles. The van der Waals surface area contributed by atoms with Crippen molar-refractivity contribution in [1.82, 2.24) is 15.0 Å². The standard InChI is InChI=1S/C27H22N6O3/c28-25(35)23-22(15-5-2-1-3-6-15)20(32-27(36)26-29-10-11-30-26)14-18-17-9-8-16(13-19(17)31-24(18)23)33-12-4-7-21(33)34/h1-3,5-6,8-11,13-14,31H,4,7,12H2,(H2,28,35)(H,29,30)(H,32,36). The number of amides is 3. The molecule has 178 valence electrons. The van der Waals surface area contributed by atoms with Crippen LogP contribution in [-0.2, 0) is 4.79 Å². The van der Waals surface area contributed by atoms with Gasteiger partial charge in [-0.05, 0) is 30.2 Å². The van der Waals surface area contributed by atoms with E-state index in [4.69, 9.17) is 5.73 Å². The lowest BCUT2D eigenvalue weighted by atomic mass is 9.94. The number of primary amides is 1.